The maximum atomic E-state index is 10.3. The fraction of sp³-hybridized carbons (Fsp3) is 0.185. The standard InChI is InChI=1S/C27H24N4OS/c1-19-8-13-25-24(16-19)29-26(31(25)18-20-9-11-22(32-2)12-10-20)23(17-28)27-30(14-15-33-27)21-6-4-3-5-7-21/h3-13,16H,14-15,18H2,1-2H3/b27-23-. The largest absolute Gasteiger partial charge is 0.497 e. The predicted octanol–water partition coefficient (Wildman–Crippen LogP) is 5.85. The van der Waals surface area contributed by atoms with Gasteiger partial charge in [-0.05, 0) is 54.4 Å². The molecule has 6 heteroatoms. The van der Waals surface area contributed by atoms with Gasteiger partial charge in [0, 0.05) is 24.5 Å². The second kappa shape index (κ2) is 9.05. The van der Waals surface area contributed by atoms with Crippen LogP contribution in [0.25, 0.3) is 16.6 Å². The van der Waals surface area contributed by atoms with Gasteiger partial charge in [0.05, 0.1) is 23.2 Å². The number of nitriles is 1. The molecule has 0 radical (unpaired) electrons. The number of aryl methyl sites for hydroxylation is 1. The lowest BCUT2D eigenvalue weighted by Gasteiger charge is -2.20. The summed E-state index contributed by atoms with van der Waals surface area (Å²) in [7, 11) is 1.67. The molecule has 0 bridgehead atoms. The molecular formula is C27H24N4OS. The minimum absolute atomic E-state index is 0.615. The molecule has 33 heavy (non-hydrogen) atoms. The van der Waals surface area contributed by atoms with Crippen LogP contribution < -0.4 is 9.64 Å². The Kier molecular flexibility index (Phi) is 5.80. The average molecular weight is 453 g/mol. The Bertz CT molecular complexity index is 1370. The number of rotatable bonds is 5. The van der Waals surface area contributed by atoms with E-state index >= 15 is 0 Å². The second-order valence-corrected chi connectivity index (χ2v) is 9.07. The van der Waals surface area contributed by atoms with Crippen molar-refractivity contribution in [1.82, 2.24) is 9.55 Å². The number of hydrogen-bond donors (Lipinski definition) is 0. The molecule has 0 amide bonds. The molecule has 0 spiro atoms. The first kappa shape index (κ1) is 21.2. The Morgan fingerprint density at radius 1 is 1.09 bits per heavy atom. The van der Waals surface area contributed by atoms with Crippen molar-refractivity contribution in [3.05, 3.63) is 94.8 Å². The third-order valence-corrected chi connectivity index (χ3v) is 6.90. The molecule has 3 aromatic carbocycles. The van der Waals surface area contributed by atoms with Crippen LogP contribution in [-0.4, -0.2) is 29.0 Å². The quantitative estimate of drug-likeness (QED) is 0.356. The molecular weight excluding hydrogens is 428 g/mol. The van der Waals surface area contributed by atoms with Crippen molar-refractivity contribution in [3.8, 4) is 11.8 Å². The zero-order chi connectivity index (χ0) is 22.8. The number of benzene rings is 3. The highest BCUT2D eigenvalue weighted by Gasteiger charge is 2.27. The number of para-hydroxylation sites is 1. The molecule has 1 aliphatic heterocycles. The molecule has 1 saturated heterocycles. The van der Waals surface area contributed by atoms with Gasteiger partial charge in [-0.25, -0.2) is 4.98 Å². The van der Waals surface area contributed by atoms with Gasteiger partial charge in [-0.3, -0.25) is 0 Å². The van der Waals surface area contributed by atoms with E-state index < -0.39 is 0 Å². The van der Waals surface area contributed by atoms with Crippen molar-refractivity contribution < 1.29 is 4.74 Å². The molecule has 1 aliphatic rings. The number of aromatic nitrogens is 2. The summed E-state index contributed by atoms with van der Waals surface area (Å²) in [6.07, 6.45) is 0. The lowest BCUT2D eigenvalue weighted by molar-refractivity contribution is 0.414. The molecule has 5 rings (SSSR count). The molecule has 0 N–H and O–H groups in total. The highest BCUT2D eigenvalue weighted by Crippen LogP contribution is 2.38. The summed E-state index contributed by atoms with van der Waals surface area (Å²) in [6.45, 7) is 3.55. The van der Waals surface area contributed by atoms with Crippen molar-refractivity contribution in [1.29, 1.82) is 5.26 Å². The summed E-state index contributed by atoms with van der Waals surface area (Å²) < 4.78 is 7.47. The van der Waals surface area contributed by atoms with Crippen LogP contribution in [0.1, 0.15) is 17.0 Å². The monoisotopic (exact) mass is 452 g/mol. The number of allylic oxidation sites excluding steroid dienone is 1. The van der Waals surface area contributed by atoms with Crippen molar-refractivity contribution in [2.75, 3.05) is 24.3 Å². The SMILES string of the molecule is COc1ccc(Cn2c(/C(C#N)=C3\SCCN3c3ccccc3)nc3cc(C)ccc32)cc1. The summed E-state index contributed by atoms with van der Waals surface area (Å²) in [5.74, 6) is 2.47. The Morgan fingerprint density at radius 2 is 1.88 bits per heavy atom. The van der Waals surface area contributed by atoms with E-state index in [1.807, 2.05) is 30.3 Å². The van der Waals surface area contributed by atoms with Gasteiger partial charge >= 0.3 is 0 Å². The Labute approximate surface area is 197 Å². The molecule has 2 heterocycles. The van der Waals surface area contributed by atoms with Gasteiger partial charge < -0.3 is 14.2 Å². The lowest BCUT2D eigenvalue weighted by atomic mass is 10.2. The molecule has 5 nitrogen and oxygen atoms in total. The van der Waals surface area contributed by atoms with E-state index in [-0.39, 0.29) is 0 Å². The lowest BCUT2D eigenvalue weighted by Crippen LogP contribution is -2.18. The molecule has 1 fully saturated rings. The fourth-order valence-electron chi connectivity index (χ4n) is 4.17. The third-order valence-electron chi connectivity index (χ3n) is 5.82. The fourth-order valence-corrected chi connectivity index (χ4v) is 5.27. The number of hydrogen-bond acceptors (Lipinski definition) is 5. The zero-order valence-corrected chi connectivity index (χ0v) is 19.5. The number of thioether (sulfide) groups is 1. The van der Waals surface area contributed by atoms with Crippen LogP contribution in [-0.2, 0) is 6.54 Å². The third kappa shape index (κ3) is 4.08. The van der Waals surface area contributed by atoms with Gasteiger partial charge in [-0.15, -0.1) is 11.8 Å². The molecule has 0 saturated carbocycles. The molecule has 164 valence electrons. The highest BCUT2D eigenvalue weighted by atomic mass is 32.2. The van der Waals surface area contributed by atoms with Crippen LogP contribution >= 0.6 is 11.8 Å². The topological polar surface area (TPSA) is 54.1 Å². The number of imidazole rings is 1. The first-order valence-electron chi connectivity index (χ1n) is 10.9. The van der Waals surface area contributed by atoms with Gasteiger partial charge in [0.25, 0.3) is 0 Å². The Balaban J connectivity index is 1.66. The minimum Gasteiger partial charge on any atom is -0.497 e. The minimum atomic E-state index is 0.615. The van der Waals surface area contributed by atoms with E-state index in [1.54, 1.807) is 18.9 Å². The first-order chi connectivity index (χ1) is 16.2. The zero-order valence-electron chi connectivity index (χ0n) is 18.7. The summed E-state index contributed by atoms with van der Waals surface area (Å²) in [5.41, 5.74) is 5.91. The van der Waals surface area contributed by atoms with Crippen molar-refractivity contribution in [2.45, 2.75) is 13.5 Å². The number of ether oxygens (including phenoxy) is 1. The van der Waals surface area contributed by atoms with Crippen LogP contribution in [0.3, 0.4) is 0 Å². The number of nitrogens with zero attached hydrogens (tertiary/aromatic N) is 4. The molecule has 1 aromatic heterocycles. The summed E-state index contributed by atoms with van der Waals surface area (Å²) in [4.78, 5) is 7.19. The van der Waals surface area contributed by atoms with Crippen LogP contribution in [0, 0.1) is 18.3 Å². The van der Waals surface area contributed by atoms with E-state index in [4.69, 9.17) is 9.72 Å². The van der Waals surface area contributed by atoms with Crippen molar-refractivity contribution in [3.63, 3.8) is 0 Å². The van der Waals surface area contributed by atoms with Crippen LogP contribution in [0.2, 0.25) is 0 Å². The maximum absolute atomic E-state index is 10.3. The van der Waals surface area contributed by atoms with Crippen molar-refractivity contribution >= 4 is 34.1 Å². The van der Waals surface area contributed by atoms with E-state index in [2.05, 4.69) is 64.9 Å². The van der Waals surface area contributed by atoms with Crippen LogP contribution in [0.4, 0.5) is 5.69 Å². The summed E-state index contributed by atoms with van der Waals surface area (Å²) in [5, 5.41) is 11.3. The van der Waals surface area contributed by atoms with Gasteiger partial charge in [0.15, 0.2) is 5.82 Å². The first-order valence-corrected chi connectivity index (χ1v) is 11.9. The van der Waals surface area contributed by atoms with Gasteiger partial charge in [-0.2, -0.15) is 5.26 Å². The molecule has 0 aliphatic carbocycles. The summed E-state index contributed by atoms with van der Waals surface area (Å²) in [6, 6.07) is 27.1. The predicted molar refractivity (Wildman–Crippen MR) is 135 cm³/mol. The van der Waals surface area contributed by atoms with Gasteiger partial charge in [0.2, 0.25) is 0 Å². The van der Waals surface area contributed by atoms with E-state index in [1.165, 1.54) is 0 Å². The number of anilines is 1. The van der Waals surface area contributed by atoms with Crippen LogP contribution in [0.15, 0.2) is 77.8 Å². The Hall–Kier alpha value is -3.69. The van der Waals surface area contributed by atoms with E-state index in [0.29, 0.717) is 17.9 Å². The average Bonchev–Trinajstić information content (AvgIpc) is 3.46. The summed E-state index contributed by atoms with van der Waals surface area (Å²) >= 11 is 1.72. The second-order valence-electron chi connectivity index (χ2n) is 7.99. The molecule has 4 aromatic rings. The highest BCUT2D eigenvalue weighted by molar-refractivity contribution is 8.03. The normalized spacial score (nSPS) is 15.0. The van der Waals surface area contributed by atoms with E-state index in [9.17, 15) is 5.26 Å². The molecule has 0 atom stereocenters. The van der Waals surface area contributed by atoms with Gasteiger partial charge in [-0.1, -0.05) is 36.4 Å². The number of methoxy groups -OCH3 is 1. The van der Waals surface area contributed by atoms with Crippen LogP contribution in [0.5, 0.6) is 5.75 Å². The smallest absolute Gasteiger partial charge is 0.154 e. The van der Waals surface area contributed by atoms with Gasteiger partial charge in [0.1, 0.15) is 17.4 Å². The molecule has 0 unspecified atom stereocenters. The number of fused-ring (bicyclic) bond motifs is 1. The van der Waals surface area contributed by atoms with Crippen molar-refractivity contribution in [2.24, 2.45) is 0 Å². The van der Waals surface area contributed by atoms with E-state index in [0.717, 1.165) is 50.9 Å². The Morgan fingerprint density at radius 3 is 2.61 bits per heavy atom. The maximum Gasteiger partial charge on any atom is 0.154 e.